The summed E-state index contributed by atoms with van der Waals surface area (Å²) in [7, 11) is 1.67. The molecule has 0 radical (unpaired) electrons. The Bertz CT molecular complexity index is 2440. The molecule has 2 amide bonds. The molecule has 9 rings (SSSR count). The minimum atomic E-state index is -0.321. The molecule has 16 heteroatoms. The highest BCUT2D eigenvalue weighted by molar-refractivity contribution is 6.26. The molecule has 4 heterocycles. The number of carbonyl (C=O) groups is 2. The molecule has 5 aromatic carbocycles. The van der Waals surface area contributed by atoms with Gasteiger partial charge in [0.1, 0.15) is 37.1 Å². The summed E-state index contributed by atoms with van der Waals surface area (Å²) >= 11 is 0. The molecule has 0 aromatic heterocycles. The van der Waals surface area contributed by atoms with E-state index in [1.807, 2.05) is 18.2 Å². The summed E-state index contributed by atoms with van der Waals surface area (Å²) in [6, 6.07) is 28.3. The molecular formula is C55H70N6O10. The Morgan fingerprint density at radius 3 is 1.69 bits per heavy atom. The number of benzene rings is 5. The molecule has 0 aliphatic carbocycles. The third kappa shape index (κ3) is 13.2. The minimum absolute atomic E-state index is 0.170. The summed E-state index contributed by atoms with van der Waals surface area (Å²) in [4.78, 5) is 34.8. The van der Waals surface area contributed by atoms with Crippen LogP contribution in [0.2, 0.25) is 0 Å². The molecule has 0 unspecified atom stereocenters. The Morgan fingerprint density at radius 1 is 0.592 bits per heavy atom. The number of ether oxygens (including phenoxy) is 8. The van der Waals surface area contributed by atoms with Crippen LogP contribution in [0.5, 0.6) is 17.2 Å². The zero-order valence-corrected chi connectivity index (χ0v) is 41.6. The number of nitrogens with zero attached hydrogens (tertiary/aromatic N) is 4. The van der Waals surface area contributed by atoms with Gasteiger partial charge in [0.05, 0.1) is 89.6 Å². The second-order valence-electron chi connectivity index (χ2n) is 17.8. The van der Waals surface area contributed by atoms with Crippen molar-refractivity contribution in [3.05, 3.63) is 113 Å². The maximum absolute atomic E-state index is 13.4. The lowest BCUT2D eigenvalue weighted by Crippen LogP contribution is -2.43. The largest absolute Gasteiger partial charge is 0.490 e. The molecule has 0 atom stereocenters. The van der Waals surface area contributed by atoms with Gasteiger partial charge in [0.15, 0.2) is 0 Å². The van der Waals surface area contributed by atoms with Gasteiger partial charge < -0.3 is 63.6 Å². The van der Waals surface area contributed by atoms with E-state index in [0.29, 0.717) is 148 Å². The fourth-order valence-corrected chi connectivity index (χ4v) is 9.23. The van der Waals surface area contributed by atoms with E-state index in [0.717, 1.165) is 62.1 Å². The summed E-state index contributed by atoms with van der Waals surface area (Å²) in [6.07, 6.45) is 0.670. The second kappa shape index (κ2) is 25.8. The van der Waals surface area contributed by atoms with Crippen molar-refractivity contribution in [2.45, 2.75) is 20.3 Å². The topological polar surface area (TPSA) is 159 Å². The number of anilines is 4. The zero-order chi connectivity index (χ0) is 49.4. The van der Waals surface area contributed by atoms with Gasteiger partial charge in [0.25, 0.3) is 11.8 Å². The molecule has 5 aromatic rings. The lowest BCUT2D eigenvalue weighted by Gasteiger charge is -2.30. The Balaban J connectivity index is 1.08. The molecule has 4 aliphatic heterocycles. The van der Waals surface area contributed by atoms with E-state index in [2.05, 4.69) is 88.5 Å². The maximum atomic E-state index is 13.4. The number of methoxy groups -OCH3 is 1. The SMILES string of the molecule is COCCOc1cc(CCNc2ccc3c4c(cccc24)C(=O)N(CCN)C3=O)ccc1N1CCOc2cc(C)ccc2N2CCOCCOCCN(CCOCCOCC2)c2ccc(C)cc2OCC1. The van der Waals surface area contributed by atoms with Crippen LogP contribution >= 0.6 is 0 Å². The van der Waals surface area contributed by atoms with E-state index >= 15 is 0 Å². The van der Waals surface area contributed by atoms with Gasteiger partial charge in [-0.2, -0.15) is 0 Å². The van der Waals surface area contributed by atoms with Gasteiger partial charge in [-0.1, -0.05) is 30.3 Å². The first-order valence-corrected chi connectivity index (χ1v) is 25.0. The van der Waals surface area contributed by atoms with Crippen LogP contribution in [-0.4, -0.2) is 162 Å². The van der Waals surface area contributed by atoms with Gasteiger partial charge in [-0.25, -0.2) is 0 Å². The molecule has 1 saturated heterocycles. The average molecular weight is 975 g/mol. The third-order valence-corrected chi connectivity index (χ3v) is 12.9. The van der Waals surface area contributed by atoms with Crippen LogP contribution in [0.1, 0.15) is 37.4 Å². The summed E-state index contributed by atoms with van der Waals surface area (Å²) in [6.45, 7) is 14.4. The predicted octanol–water partition coefficient (Wildman–Crippen LogP) is 6.36. The number of amides is 2. The molecule has 71 heavy (non-hydrogen) atoms. The fourth-order valence-electron chi connectivity index (χ4n) is 9.23. The monoisotopic (exact) mass is 975 g/mol. The number of aryl methyl sites for hydroxylation is 2. The molecule has 0 saturated carbocycles. The highest BCUT2D eigenvalue weighted by atomic mass is 16.5. The zero-order valence-electron chi connectivity index (χ0n) is 41.6. The van der Waals surface area contributed by atoms with Gasteiger partial charge in [-0.05, 0) is 91.6 Å². The number of nitrogens with two attached hydrogens (primary N) is 1. The van der Waals surface area contributed by atoms with E-state index in [1.165, 1.54) is 4.90 Å². The molecule has 3 N–H and O–H groups in total. The van der Waals surface area contributed by atoms with E-state index in [4.69, 9.17) is 43.6 Å². The van der Waals surface area contributed by atoms with Crippen LogP contribution in [0.3, 0.4) is 0 Å². The van der Waals surface area contributed by atoms with Crippen LogP contribution in [-0.2, 0) is 30.1 Å². The van der Waals surface area contributed by atoms with Gasteiger partial charge in [-0.15, -0.1) is 0 Å². The first-order chi connectivity index (χ1) is 34.8. The van der Waals surface area contributed by atoms with Crippen LogP contribution in [0.4, 0.5) is 22.7 Å². The van der Waals surface area contributed by atoms with Crippen molar-refractivity contribution >= 4 is 45.3 Å². The normalized spacial score (nSPS) is 17.0. The van der Waals surface area contributed by atoms with E-state index in [-0.39, 0.29) is 24.9 Å². The van der Waals surface area contributed by atoms with E-state index in [1.54, 1.807) is 19.2 Å². The third-order valence-electron chi connectivity index (χ3n) is 12.9. The number of rotatable bonds is 11. The number of hydrogen-bond donors (Lipinski definition) is 2. The number of nitrogens with one attached hydrogen (secondary N) is 1. The Hall–Kier alpha value is -6.14. The molecule has 380 valence electrons. The first-order valence-electron chi connectivity index (χ1n) is 25.0. The summed E-state index contributed by atoms with van der Waals surface area (Å²) < 4.78 is 49.9. The first kappa shape index (κ1) is 51.2. The van der Waals surface area contributed by atoms with Crippen molar-refractivity contribution in [2.24, 2.45) is 5.73 Å². The molecule has 0 spiro atoms. The smallest absolute Gasteiger partial charge is 0.261 e. The maximum Gasteiger partial charge on any atom is 0.261 e. The quantitative estimate of drug-likeness (QED) is 0.0855. The Kier molecular flexibility index (Phi) is 18.6. The fraction of sp³-hybridized carbons (Fsp3) is 0.455. The second-order valence-corrected chi connectivity index (χ2v) is 17.8. The lowest BCUT2D eigenvalue weighted by atomic mass is 9.93. The number of hydrogen-bond acceptors (Lipinski definition) is 15. The van der Waals surface area contributed by atoms with E-state index < -0.39 is 0 Å². The van der Waals surface area contributed by atoms with Gasteiger partial charge in [-0.3, -0.25) is 14.5 Å². The van der Waals surface area contributed by atoms with Crippen LogP contribution < -0.4 is 40.0 Å². The minimum Gasteiger partial charge on any atom is -0.490 e. The van der Waals surface area contributed by atoms with Crippen molar-refractivity contribution in [2.75, 3.05) is 165 Å². The van der Waals surface area contributed by atoms with Crippen LogP contribution in [0.25, 0.3) is 10.8 Å². The van der Waals surface area contributed by atoms with Gasteiger partial charge in [0.2, 0.25) is 0 Å². The average Bonchev–Trinajstić information content (AvgIpc) is 3.37. The Labute approximate surface area is 417 Å². The number of fused-ring (bicyclic) bond motifs is 20. The van der Waals surface area contributed by atoms with E-state index in [9.17, 15) is 9.59 Å². The Morgan fingerprint density at radius 2 is 1.13 bits per heavy atom. The number of carbonyl (C=O) groups excluding carboxylic acids is 2. The molecule has 2 bridgehead atoms. The summed E-state index contributed by atoms with van der Waals surface area (Å²) in [5.74, 6) is 1.66. The van der Waals surface area contributed by atoms with Crippen molar-refractivity contribution in [1.82, 2.24) is 4.90 Å². The molecular weight excluding hydrogens is 905 g/mol. The van der Waals surface area contributed by atoms with Crippen molar-refractivity contribution in [3.63, 3.8) is 0 Å². The lowest BCUT2D eigenvalue weighted by molar-refractivity contribution is 0.0435. The molecule has 16 nitrogen and oxygen atoms in total. The molecule has 4 aliphatic rings. The van der Waals surface area contributed by atoms with Crippen LogP contribution in [0, 0.1) is 13.8 Å². The van der Waals surface area contributed by atoms with Crippen molar-refractivity contribution in [1.29, 1.82) is 0 Å². The highest BCUT2D eigenvalue weighted by Gasteiger charge is 2.33. The van der Waals surface area contributed by atoms with Crippen LogP contribution in [0.15, 0.2) is 84.9 Å². The summed E-state index contributed by atoms with van der Waals surface area (Å²) in [5, 5.41) is 5.08. The predicted molar refractivity (Wildman–Crippen MR) is 278 cm³/mol. The van der Waals surface area contributed by atoms with Crippen molar-refractivity contribution < 1.29 is 47.5 Å². The number of imide groups is 1. The standard InChI is InChI=1S/C55H70N6O10/c1-40-7-12-47-50(37-40)69-29-23-60(24-30-70-51-38-41(2)8-13-48(51)59-21-27-67-34-32-65-25-19-58(47)20-26-66-33-35-68-28-22-59)49-14-9-42(39-52(49)71-36-31-64-3)15-17-57-46-11-10-45-53-43(46)5-4-6-44(53)54(62)61(18-16-56)55(45)63/h4-14,37-39,57H,15-36,56H2,1-3H3. The molecule has 1 fully saturated rings. The van der Waals surface area contributed by atoms with Gasteiger partial charge in [0, 0.05) is 80.5 Å². The van der Waals surface area contributed by atoms with Crippen molar-refractivity contribution in [3.8, 4) is 17.2 Å². The highest BCUT2D eigenvalue weighted by Crippen LogP contribution is 2.36. The van der Waals surface area contributed by atoms with Gasteiger partial charge >= 0.3 is 0 Å². The summed E-state index contributed by atoms with van der Waals surface area (Å²) in [5.41, 5.74) is 13.7.